The minimum absolute atomic E-state index is 0.0244. The third-order valence-electron chi connectivity index (χ3n) is 2.86. The van der Waals surface area contributed by atoms with Crippen LogP contribution in [0.3, 0.4) is 0 Å². The Hall–Kier alpha value is -1.77. The third-order valence-corrected chi connectivity index (χ3v) is 2.86. The number of aryl methyl sites for hydroxylation is 1. The van der Waals surface area contributed by atoms with Crippen molar-refractivity contribution in [1.29, 1.82) is 0 Å². The summed E-state index contributed by atoms with van der Waals surface area (Å²) in [5.41, 5.74) is 0.798. The molecule has 0 nitrogen and oxygen atoms in total. The van der Waals surface area contributed by atoms with Crippen LogP contribution in [0.15, 0.2) is 24.8 Å². The van der Waals surface area contributed by atoms with Crippen molar-refractivity contribution in [3.05, 3.63) is 53.4 Å². The lowest BCUT2D eigenvalue weighted by atomic mass is 9.96. The highest BCUT2D eigenvalue weighted by atomic mass is 19.2. The van der Waals surface area contributed by atoms with Gasteiger partial charge in [0.1, 0.15) is 0 Å². The van der Waals surface area contributed by atoms with Crippen molar-refractivity contribution in [3.8, 4) is 0 Å². The average Bonchev–Trinajstić information content (AvgIpc) is 2.36. The maximum Gasteiger partial charge on any atom is 0.195 e. The number of hydrogen-bond acceptors (Lipinski definition) is 0. The van der Waals surface area contributed by atoms with Crippen LogP contribution < -0.4 is 0 Å². The Morgan fingerprint density at radius 1 is 1.12 bits per heavy atom. The molecule has 0 heterocycles. The van der Waals surface area contributed by atoms with Crippen LogP contribution >= 0.6 is 0 Å². The summed E-state index contributed by atoms with van der Waals surface area (Å²) in [6, 6.07) is 4.85. The van der Waals surface area contributed by atoms with Crippen LogP contribution in [0.1, 0.15) is 18.1 Å². The van der Waals surface area contributed by atoms with E-state index in [9.17, 15) is 13.2 Å². The van der Waals surface area contributed by atoms with Crippen molar-refractivity contribution in [1.82, 2.24) is 0 Å². The van der Waals surface area contributed by atoms with Gasteiger partial charge >= 0.3 is 0 Å². The van der Waals surface area contributed by atoms with Gasteiger partial charge in [-0.2, -0.15) is 0 Å². The van der Waals surface area contributed by atoms with Crippen molar-refractivity contribution >= 4 is 16.8 Å². The highest BCUT2D eigenvalue weighted by molar-refractivity contribution is 5.94. The fourth-order valence-corrected chi connectivity index (χ4v) is 2.03. The van der Waals surface area contributed by atoms with Gasteiger partial charge in [-0.25, -0.2) is 13.2 Å². The van der Waals surface area contributed by atoms with E-state index < -0.39 is 17.5 Å². The lowest BCUT2D eigenvalue weighted by molar-refractivity contribution is 0.452. The summed E-state index contributed by atoms with van der Waals surface area (Å²) in [4.78, 5) is 0. The zero-order valence-corrected chi connectivity index (χ0v) is 9.36. The fraction of sp³-hybridized carbons (Fsp3) is 0.143. The summed E-state index contributed by atoms with van der Waals surface area (Å²) in [5, 5.41) is 0.500. The van der Waals surface area contributed by atoms with Crippen LogP contribution in [-0.2, 0) is 6.42 Å². The normalized spacial score (nSPS) is 10.8. The first kappa shape index (κ1) is 11.7. The van der Waals surface area contributed by atoms with Crippen LogP contribution in [-0.4, -0.2) is 0 Å². The van der Waals surface area contributed by atoms with Gasteiger partial charge in [0.2, 0.25) is 0 Å². The molecule has 88 valence electrons. The molecule has 0 aliphatic carbocycles. The van der Waals surface area contributed by atoms with E-state index in [1.54, 1.807) is 12.1 Å². The van der Waals surface area contributed by atoms with Crippen LogP contribution in [0.4, 0.5) is 13.2 Å². The topological polar surface area (TPSA) is 0 Å². The van der Waals surface area contributed by atoms with E-state index in [-0.39, 0.29) is 10.9 Å². The number of halogens is 3. The number of fused-ring (bicyclic) bond motifs is 1. The van der Waals surface area contributed by atoms with Gasteiger partial charge in [-0.05, 0) is 17.4 Å². The Morgan fingerprint density at radius 3 is 2.41 bits per heavy atom. The zero-order chi connectivity index (χ0) is 12.6. The molecule has 0 aliphatic heterocycles. The Bertz CT molecular complexity index is 600. The lowest BCUT2D eigenvalue weighted by Gasteiger charge is -2.11. The molecular formula is C14H11F3. The largest absolute Gasteiger partial charge is 0.203 e. The van der Waals surface area contributed by atoms with E-state index in [4.69, 9.17) is 0 Å². The smallest absolute Gasteiger partial charge is 0.195 e. The van der Waals surface area contributed by atoms with Crippen molar-refractivity contribution < 1.29 is 13.2 Å². The molecule has 2 aromatic carbocycles. The molecule has 0 bridgehead atoms. The van der Waals surface area contributed by atoms with Gasteiger partial charge in [0.05, 0.1) is 0 Å². The van der Waals surface area contributed by atoms with Gasteiger partial charge in [-0.3, -0.25) is 0 Å². The summed E-state index contributed by atoms with van der Waals surface area (Å²) >= 11 is 0. The summed E-state index contributed by atoms with van der Waals surface area (Å²) in [6.07, 6.45) is 1.84. The van der Waals surface area contributed by atoms with Crippen molar-refractivity contribution in [2.45, 2.75) is 13.3 Å². The van der Waals surface area contributed by atoms with Crippen molar-refractivity contribution in [2.75, 3.05) is 0 Å². The van der Waals surface area contributed by atoms with Gasteiger partial charge in [0.25, 0.3) is 0 Å². The minimum Gasteiger partial charge on any atom is -0.203 e. The van der Waals surface area contributed by atoms with Crippen LogP contribution in [0, 0.1) is 17.5 Å². The monoisotopic (exact) mass is 236 g/mol. The van der Waals surface area contributed by atoms with Gasteiger partial charge < -0.3 is 0 Å². The SMILES string of the molecule is C=Cc1c(F)c(F)c(F)c2cccc(CC)c12. The predicted molar refractivity (Wildman–Crippen MR) is 63.3 cm³/mol. The highest BCUT2D eigenvalue weighted by Crippen LogP contribution is 2.31. The maximum atomic E-state index is 13.6. The van der Waals surface area contributed by atoms with Crippen LogP contribution in [0.5, 0.6) is 0 Å². The van der Waals surface area contributed by atoms with Gasteiger partial charge in [0.15, 0.2) is 17.5 Å². The molecule has 0 radical (unpaired) electrons. The molecule has 3 heteroatoms. The number of benzene rings is 2. The van der Waals surface area contributed by atoms with E-state index in [0.717, 1.165) is 5.56 Å². The van der Waals surface area contributed by atoms with E-state index in [1.165, 1.54) is 12.1 Å². The summed E-state index contributed by atoms with van der Waals surface area (Å²) in [6.45, 7) is 5.33. The predicted octanol–water partition coefficient (Wildman–Crippen LogP) is 4.46. The molecule has 0 aromatic heterocycles. The molecule has 2 rings (SSSR count). The fourth-order valence-electron chi connectivity index (χ4n) is 2.03. The molecule has 0 amide bonds. The van der Waals surface area contributed by atoms with Gasteiger partial charge in [-0.15, -0.1) is 0 Å². The molecule has 0 saturated carbocycles. The molecule has 0 fully saturated rings. The standard InChI is InChI=1S/C14H11F3/c1-3-8-6-5-7-10-11(8)9(4-2)12(15)14(17)13(10)16/h4-7H,2-3H2,1H3. The summed E-state index contributed by atoms with van der Waals surface area (Å²) in [7, 11) is 0. The first-order chi connectivity index (χ1) is 8.11. The van der Waals surface area contributed by atoms with Gasteiger partial charge in [0, 0.05) is 10.9 Å². The number of hydrogen-bond donors (Lipinski definition) is 0. The Labute approximate surface area is 97.4 Å². The minimum atomic E-state index is -1.44. The average molecular weight is 236 g/mol. The molecule has 2 aromatic rings. The quantitative estimate of drug-likeness (QED) is 0.675. The Morgan fingerprint density at radius 2 is 1.82 bits per heavy atom. The second-order valence-electron chi connectivity index (χ2n) is 3.75. The maximum absolute atomic E-state index is 13.6. The van der Waals surface area contributed by atoms with Crippen LogP contribution in [0.2, 0.25) is 0 Å². The molecule has 0 saturated heterocycles. The van der Waals surface area contributed by atoms with Gasteiger partial charge in [-0.1, -0.05) is 37.8 Å². The Balaban J connectivity index is 3.06. The van der Waals surface area contributed by atoms with Crippen molar-refractivity contribution in [3.63, 3.8) is 0 Å². The first-order valence-corrected chi connectivity index (χ1v) is 5.32. The van der Waals surface area contributed by atoms with Crippen LogP contribution in [0.25, 0.3) is 16.8 Å². The zero-order valence-electron chi connectivity index (χ0n) is 9.36. The van der Waals surface area contributed by atoms with E-state index in [1.807, 2.05) is 6.92 Å². The molecule has 0 N–H and O–H groups in total. The van der Waals surface area contributed by atoms with E-state index in [2.05, 4.69) is 6.58 Å². The second-order valence-corrected chi connectivity index (χ2v) is 3.75. The van der Waals surface area contributed by atoms with Crippen molar-refractivity contribution in [2.24, 2.45) is 0 Å². The summed E-state index contributed by atoms with van der Waals surface area (Å²) < 4.78 is 40.6. The first-order valence-electron chi connectivity index (χ1n) is 5.32. The highest BCUT2D eigenvalue weighted by Gasteiger charge is 2.19. The molecule has 17 heavy (non-hydrogen) atoms. The Kier molecular flexibility index (Phi) is 2.92. The van der Waals surface area contributed by atoms with E-state index >= 15 is 0 Å². The summed E-state index contributed by atoms with van der Waals surface area (Å²) in [5.74, 6) is -3.76. The molecule has 0 atom stereocenters. The molecule has 0 spiro atoms. The van der Waals surface area contributed by atoms with E-state index in [0.29, 0.717) is 11.8 Å². The molecule has 0 aliphatic rings. The molecular weight excluding hydrogens is 225 g/mol. The number of rotatable bonds is 2. The molecule has 0 unspecified atom stereocenters. The third kappa shape index (κ3) is 1.62. The lowest BCUT2D eigenvalue weighted by Crippen LogP contribution is -1.99. The second kappa shape index (κ2) is 4.24.